The van der Waals surface area contributed by atoms with Crippen molar-refractivity contribution in [2.75, 3.05) is 13.2 Å². The average Bonchev–Trinajstić information content (AvgIpc) is 3.14. The van der Waals surface area contributed by atoms with Crippen LogP contribution in [0.25, 0.3) is 0 Å². The summed E-state index contributed by atoms with van der Waals surface area (Å²) in [6.07, 6.45) is 1.61. The number of ether oxygens (including phenoxy) is 5. The first-order valence-electron chi connectivity index (χ1n) is 13.1. The van der Waals surface area contributed by atoms with E-state index in [2.05, 4.69) is 0 Å². The Kier molecular flexibility index (Phi) is 6.06. The molecule has 5 rings (SSSR count). The Hall–Kier alpha value is -1.68. The molecule has 0 radical (unpaired) electrons. The van der Waals surface area contributed by atoms with Crippen LogP contribution in [0.4, 0.5) is 0 Å². The van der Waals surface area contributed by atoms with Gasteiger partial charge in [-0.1, -0.05) is 0 Å². The minimum Gasteiger partial charge on any atom is -0.472 e. The molecular weight excluding hydrogens is 468 g/mol. The smallest absolute Gasteiger partial charge is 0.313 e. The lowest BCUT2D eigenvalue weighted by Gasteiger charge is -2.51. The van der Waals surface area contributed by atoms with Crippen LogP contribution in [0.5, 0.6) is 0 Å². The first-order chi connectivity index (χ1) is 16.7. The van der Waals surface area contributed by atoms with E-state index in [1.54, 1.807) is 20.1 Å². The molecule has 1 saturated heterocycles. The van der Waals surface area contributed by atoms with Crippen LogP contribution >= 0.6 is 0 Å². The van der Waals surface area contributed by atoms with E-state index in [1.807, 2.05) is 20.8 Å². The first kappa shape index (κ1) is 25.9. The molecular formula is C27H40O9. The van der Waals surface area contributed by atoms with Crippen molar-refractivity contribution in [2.45, 2.75) is 103 Å². The predicted octanol–water partition coefficient (Wildman–Crippen LogP) is 2.47. The molecule has 1 unspecified atom stereocenters. The lowest BCUT2D eigenvalue weighted by molar-refractivity contribution is -0.212. The molecule has 3 bridgehead atoms. The van der Waals surface area contributed by atoms with Crippen LogP contribution in [0.1, 0.15) is 67.2 Å². The Bertz CT molecular complexity index is 951. The van der Waals surface area contributed by atoms with Crippen molar-refractivity contribution in [3.05, 3.63) is 11.8 Å². The predicted molar refractivity (Wildman–Crippen MR) is 126 cm³/mol. The van der Waals surface area contributed by atoms with Gasteiger partial charge >= 0.3 is 11.9 Å². The second-order valence-corrected chi connectivity index (χ2v) is 12.8. The van der Waals surface area contributed by atoms with Crippen molar-refractivity contribution in [1.82, 2.24) is 0 Å². The van der Waals surface area contributed by atoms with Crippen LogP contribution < -0.4 is 0 Å². The number of hydrogen-bond acceptors (Lipinski definition) is 9. The lowest BCUT2D eigenvalue weighted by Crippen LogP contribution is -2.58. The third-order valence-corrected chi connectivity index (χ3v) is 9.37. The van der Waals surface area contributed by atoms with Crippen molar-refractivity contribution in [3.8, 4) is 0 Å². The van der Waals surface area contributed by atoms with E-state index in [0.717, 1.165) is 5.57 Å². The van der Waals surface area contributed by atoms with E-state index in [1.165, 1.54) is 6.92 Å². The fraction of sp³-hybridized carbons (Fsp3) is 0.852. The van der Waals surface area contributed by atoms with Crippen molar-refractivity contribution in [3.63, 3.8) is 0 Å². The van der Waals surface area contributed by atoms with Crippen LogP contribution in [-0.4, -0.2) is 71.2 Å². The summed E-state index contributed by atoms with van der Waals surface area (Å²) in [6, 6.07) is 0. The number of hydrogen-bond donors (Lipinski definition) is 2. The van der Waals surface area contributed by atoms with Gasteiger partial charge in [-0.05, 0) is 53.9 Å². The van der Waals surface area contributed by atoms with Gasteiger partial charge in [-0.15, -0.1) is 0 Å². The molecule has 0 aromatic rings. The van der Waals surface area contributed by atoms with Gasteiger partial charge in [-0.3, -0.25) is 9.59 Å². The number of aliphatic hydroxyl groups excluding tert-OH is 1. The molecule has 3 aliphatic carbocycles. The van der Waals surface area contributed by atoms with Crippen molar-refractivity contribution in [2.24, 2.45) is 28.6 Å². The molecule has 1 spiro atoms. The molecule has 9 nitrogen and oxygen atoms in total. The summed E-state index contributed by atoms with van der Waals surface area (Å²) in [5.41, 5.74) is -1.98. The third-order valence-electron chi connectivity index (χ3n) is 9.37. The average molecular weight is 509 g/mol. The molecule has 3 saturated carbocycles. The maximum atomic E-state index is 13.4. The summed E-state index contributed by atoms with van der Waals surface area (Å²) >= 11 is 0. The standard InChI is InChI=1S/C27H40O9/c1-14(28)36-25(4,5)8-10-32-19-16-12-27-15-11-18(29)21(27)26(16,6)23(30)35-20(19)17(27)13-34-22(15)33-9-7-24(2,3)31/h13,15-16,18-22,29,31H,7-12H2,1-6H3/t15?,16-,18+,19-,20+,21-,22+,26+,27-/m0/s1. The molecule has 0 aromatic heterocycles. The molecule has 202 valence electrons. The van der Waals surface area contributed by atoms with Crippen molar-refractivity contribution >= 4 is 11.9 Å². The van der Waals surface area contributed by atoms with Crippen LogP contribution in [0, 0.1) is 28.6 Å². The minimum atomic E-state index is -0.884. The van der Waals surface area contributed by atoms with E-state index in [4.69, 9.17) is 23.7 Å². The molecule has 2 aliphatic heterocycles. The monoisotopic (exact) mass is 508 g/mol. The highest BCUT2D eigenvalue weighted by Crippen LogP contribution is 2.77. The zero-order chi connectivity index (χ0) is 26.3. The second-order valence-electron chi connectivity index (χ2n) is 12.8. The van der Waals surface area contributed by atoms with E-state index in [-0.39, 0.29) is 35.8 Å². The van der Waals surface area contributed by atoms with Crippen molar-refractivity contribution < 1.29 is 43.5 Å². The Morgan fingerprint density at radius 3 is 2.53 bits per heavy atom. The fourth-order valence-corrected chi connectivity index (χ4v) is 7.90. The molecule has 0 amide bonds. The van der Waals surface area contributed by atoms with Gasteiger partial charge < -0.3 is 33.9 Å². The normalized spacial score (nSPS) is 42.5. The van der Waals surface area contributed by atoms with Crippen LogP contribution in [0.3, 0.4) is 0 Å². The number of esters is 2. The molecule has 36 heavy (non-hydrogen) atoms. The highest BCUT2D eigenvalue weighted by atomic mass is 16.7. The Morgan fingerprint density at radius 2 is 1.86 bits per heavy atom. The van der Waals surface area contributed by atoms with E-state index in [9.17, 15) is 19.8 Å². The molecule has 9 atom stereocenters. The van der Waals surface area contributed by atoms with E-state index < -0.39 is 40.5 Å². The van der Waals surface area contributed by atoms with E-state index >= 15 is 0 Å². The van der Waals surface area contributed by atoms with Gasteiger partial charge in [0.15, 0.2) is 6.10 Å². The molecule has 2 heterocycles. The topological polar surface area (TPSA) is 121 Å². The maximum absolute atomic E-state index is 13.4. The lowest BCUT2D eigenvalue weighted by atomic mass is 9.61. The number of rotatable bonds is 9. The largest absolute Gasteiger partial charge is 0.472 e. The van der Waals surface area contributed by atoms with Gasteiger partial charge in [0.2, 0.25) is 6.29 Å². The summed E-state index contributed by atoms with van der Waals surface area (Å²) in [5.74, 6) is -1.17. The Balaban J connectivity index is 1.41. The number of fused-ring (bicyclic) bond motifs is 3. The zero-order valence-corrected chi connectivity index (χ0v) is 22.1. The van der Waals surface area contributed by atoms with Crippen molar-refractivity contribution in [1.29, 1.82) is 0 Å². The first-order valence-corrected chi connectivity index (χ1v) is 13.1. The number of carbonyl (C=O) groups excluding carboxylic acids is 2. The molecule has 9 heteroatoms. The third kappa shape index (κ3) is 3.80. The number of aliphatic hydroxyl groups is 2. The SMILES string of the molecule is CC(=O)OC(C)(C)CCO[C@@H]1[C@@H]2OC(=O)[C@]3(C)[C@H]1C[C@@]14C2=CO[C@@H](OCCC(C)(C)O)C1C[C@@H](O)[C@@H]34. The highest BCUT2D eigenvalue weighted by molar-refractivity contribution is 5.82. The summed E-state index contributed by atoms with van der Waals surface area (Å²) in [5, 5.41) is 21.4. The van der Waals surface area contributed by atoms with Gasteiger partial charge in [0.05, 0.1) is 36.6 Å². The molecule has 2 N–H and O–H groups in total. The summed E-state index contributed by atoms with van der Waals surface area (Å²) < 4.78 is 30.0. The maximum Gasteiger partial charge on any atom is 0.313 e. The second kappa shape index (κ2) is 8.41. The summed E-state index contributed by atoms with van der Waals surface area (Å²) in [6.45, 7) is 11.1. The summed E-state index contributed by atoms with van der Waals surface area (Å²) in [7, 11) is 0. The molecule has 5 aliphatic rings. The fourth-order valence-electron chi connectivity index (χ4n) is 7.90. The van der Waals surface area contributed by atoms with Gasteiger partial charge in [0, 0.05) is 42.1 Å². The van der Waals surface area contributed by atoms with Crippen LogP contribution in [-0.2, 0) is 33.3 Å². The Labute approximate surface area is 212 Å². The highest BCUT2D eigenvalue weighted by Gasteiger charge is 2.81. The molecule has 4 fully saturated rings. The quantitative estimate of drug-likeness (QED) is 0.453. The van der Waals surface area contributed by atoms with Gasteiger partial charge in [-0.25, -0.2) is 0 Å². The van der Waals surface area contributed by atoms with E-state index in [0.29, 0.717) is 38.9 Å². The van der Waals surface area contributed by atoms with Gasteiger partial charge in [-0.2, -0.15) is 0 Å². The number of carbonyl (C=O) groups is 2. The molecule has 0 aromatic carbocycles. The zero-order valence-electron chi connectivity index (χ0n) is 22.1. The van der Waals surface area contributed by atoms with Crippen LogP contribution in [0.2, 0.25) is 0 Å². The van der Waals surface area contributed by atoms with Gasteiger partial charge in [0.25, 0.3) is 0 Å². The minimum absolute atomic E-state index is 0.115. The Morgan fingerprint density at radius 1 is 1.17 bits per heavy atom. The summed E-state index contributed by atoms with van der Waals surface area (Å²) in [4.78, 5) is 24.8. The van der Waals surface area contributed by atoms with Gasteiger partial charge in [0.1, 0.15) is 11.7 Å². The van der Waals surface area contributed by atoms with Crippen LogP contribution in [0.15, 0.2) is 11.8 Å².